The molecule has 0 fully saturated rings. The molecule has 0 radical (unpaired) electrons. The summed E-state index contributed by atoms with van der Waals surface area (Å²) in [5.74, 6) is 1.69. The summed E-state index contributed by atoms with van der Waals surface area (Å²) in [6.45, 7) is -0.450. The van der Waals surface area contributed by atoms with Crippen LogP contribution in [0, 0.1) is 0 Å². The maximum Gasteiger partial charge on any atom is 0.260 e. The minimum absolute atomic E-state index is 0.318. The lowest BCUT2D eigenvalue weighted by atomic mass is 10.2. The average molecular weight is 484 g/mol. The Morgan fingerprint density at radius 1 is 0.941 bits per heavy atom. The number of para-hydroxylation sites is 1. The topological polar surface area (TPSA) is 107 Å². The molecular formula is C24H25N3O6S. The molecule has 0 spiro atoms. The van der Waals surface area contributed by atoms with E-state index in [-0.39, 0.29) is 0 Å². The molecule has 0 saturated carbocycles. The van der Waals surface area contributed by atoms with Crippen LogP contribution in [0.1, 0.15) is 5.56 Å². The highest BCUT2D eigenvalue weighted by molar-refractivity contribution is 7.92. The molecule has 3 aromatic carbocycles. The van der Waals surface area contributed by atoms with E-state index in [0.717, 1.165) is 10.6 Å². The molecule has 0 unspecified atom stereocenters. The molecule has 9 nitrogen and oxygen atoms in total. The molecule has 178 valence electrons. The lowest BCUT2D eigenvalue weighted by Crippen LogP contribution is -2.39. The zero-order chi connectivity index (χ0) is 24.6. The number of carbonyl (C=O) groups is 1. The number of ether oxygens (including phenoxy) is 3. The highest BCUT2D eigenvalue weighted by Gasteiger charge is 2.21. The number of sulfonamides is 1. The Balaban J connectivity index is 1.67. The molecule has 1 amide bonds. The lowest BCUT2D eigenvalue weighted by molar-refractivity contribution is -0.119. The standard InChI is InChI=1S/C24H25N3O6S/c1-31-22-12-9-18(23(15-22)32-2)16-25-26-24(28)17-27(34(3,29)30)19-10-13-21(14-11-19)33-20-7-5-4-6-8-20/h4-16H,17H2,1-3H3,(H,26,28). The molecule has 3 aromatic rings. The van der Waals surface area contributed by atoms with Crippen molar-refractivity contribution in [1.82, 2.24) is 5.43 Å². The van der Waals surface area contributed by atoms with Gasteiger partial charge in [0.25, 0.3) is 5.91 Å². The van der Waals surface area contributed by atoms with Gasteiger partial charge in [-0.25, -0.2) is 13.8 Å². The van der Waals surface area contributed by atoms with E-state index < -0.39 is 22.5 Å². The number of anilines is 1. The van der Waals surface area contributed by atoms with Gasteiger partial charge in [-0.15, -0.1) is 0 Å². The van der Waals surface area contributed by atoms with Gasteiger partial charge in [-0.05, 0) is 48.5 Å². The van der Waals surface area contributed by atoms with Crippen LogP contribution in [0.25, 0.3) is 0 Å². The predicted octanol–water partition coefficient (Wildman–Crippen LogP) is 3.41. The van der Waals surface area contributed by atoms with E-state index in [4.69, 9.17) is 14.2 Å². The third-order valence-corrected chi connectivity index (χ3v) is 5.77. The van der Waals surface area contributed by atoms with E-state index in [2.05, 4.69) is 10.5 Å². The van der Waals surface area contributed by atoms with E-state index in [1.807, 2.05) is 30.3 Å². The fourth-order valence-corrected chi connectivity index (χ4v) is 3.83. The number of amides is 1. The maximum absolute atomic E-state index is 12.4. The van der Waals surface area contributed by atoms with Crippen LogP contribution in [-0.2, 0) is 14.8 Å². The number of benzene rings is 3. The van der Waals surface area contributed by atoms with Crippen molar-refractivity contribution in [2.45, 2.75) is 0 Å². The Labute approximate surface area is 198 Å². The molecule has 0 saturated heterocycles. The van der Waals surface area contributed by atoms with E-state index in [1.54, 1.807) is 49.6 Å². The number of rotatable bonds is 10. The van der Waals surface area contributed by atoms with Gasteiger partial charge in [0.2, 0.25) is 10.0 Å². The molecule has 0 aromatic heterocycles. The normalized spacial score (nSPS) is 11.1. The summed E-state index contributed by atoms with van der Waals surface area (Å²) in [5, 5.41) is 3.91. The quantitative estimate of drug-likeness (QED) is 0.350. The monoisotopic (exact) mass is 483 g/mol. The number of hydrogen-bond acceptors (Lipinski definition) is 7. The van der Waals surface area contributed by atoms with Crippen molar-refractivity contribution in [3.8, 4) is 23.0 Å². The van der Waals surface area contributed by atoms with Crippen LogP contribution in [0.3, 0.4) is 0 Å². The highest BCUT2D eigenvalue weighted by Crippen LogP contribution is 2.25. The number of hydrogen-bond donors (Lipinski definition) is 1. The third kappa shape index (κ3) is 6.72. The Hall–Kier alpha value is -4.05. The first-order valence-corrected chi connectivity index (χ1v) is 12.0. The summed E-state index contributed by atoms with van der Waals surface area (Å²) in [7, 11) is -0.688. The molecular weight excluding hydrogens is 458 g/mol. The van der Waals surface area contributed by atoms with Crippen molar-refractivity contribution in [3.63, 3.8) is 0 Å². The zero-order valence-corrected chi connectivity index (χ0v) is 19.8. The third-order valence-electron chi connectivity index (χ3n) is 4.62. The van der Waals surface area contributed by atoms with Gasteiger partial charge in [-0.2, -0.15) is 5.10 Å². The van der Waals surface area contributed by atoms with Crippen LogP contribution in [-0.4, -0.2) is 47.6 Å². The van der Waals surface area contributed by atoms with Crippen molar-refractivity contribution in [3.05, 3.63) is 78.4 Å². The number of carbonyl (C=O) groups excluding carboxylic acids is 1. The average Bonchev–Trinajstić information content (AvgIpc) is 2.83. The second kappa shape index (κ2) is 11.2. The van der Waals surface area contributed by atoms with Crippen molar-refractivity contribution in [2.24, 2.45) is 5.10 Å². The molecule has 0 atom stereocenters. The van der Waals surface area contributed by atoms with Gasteiger partial charge in [0.1, 0.15) is 29.5 Å². The summed E-state index contributed by atoms with van der Waals surface area (Å²) in [6.07, 6.45) is 2.43. The first-order chi connectivity index (χ1) is 16.3. The largest absolute Gasteiger partial charge is 0.497 e. The van der Waals surface area contributed by atoms with E-state index in [0.29, 0.717) is 34.2 Å². The van der Waals surface area contributed by atoms with Crippen LogP contribution >= 0.6 is 0 Å². The maximum atomic E-state index is 12.4. The van der Waals surface area contributed by atoms with Gasteiger partial charge in [0, 0.05) is 11.6 Å². The van der Waals surface area contributed by atoms with Gasteiger partial charge in [0.15, 0.2) is 0 Å². The Bertz CT molecular complexity index is 1250. The Morgan fingerprint density at radius 3 is 2.21 bits per heavy atom. The summed E-state index contributed by atoms with van der Waals surface area (Å²) in [5.41, 5.74) is 3.27. The Kier molecular flexibility index (Phi) is 8.10. The van der Waals surface area contributed by atoms with Crippen molar-refractivity contribution in [1.29, 1.82) is 0 Å². The number of nitrogens with zero attached hydrogens (tertiary/aromatic N) is 2. The predicted molar refractivity (Wildman–Crippen MR) is 130 cm³/mol. The molecule has 0 aliphatic heterocycles. The van der Waals surface area contributed by atoms with Gasteiger partial charge < -0.3 is 14.2 Å². The molecule has 34 heavy (non-hydrogen) atoms. The SMILES string of the molecule is COc1ccc(C=NNC(=O)CN(c2ccc(Oc3ccccc3)cc2)S(C)(=O)=O)c(OC)c1. The smallest absolute Gasteiger partial charge is 0.260 e. The molecule has 0 aliphatic rings. The van der Waals surface area contributed by atoms with E-state index in [1.165, 1.54) is 13.3 Å². The van der Waals surface area contributed by atoms with Crippen LogP contribution < -0.4 is 23.9 Å². The first-order valence-electron chi connectivity index (χ1n) is 10.1. The van der Waals surface area contributed by atoms with Gasteiger partial charge in [0.05, 0.1) is 32.4 Å². The summed E-state index contributed by atoms with van der Waals surface area (Å²) in [6, 6.07) is 20.7. The van der Waals surface area contributed by atoms with Gasteiger partial charge in [-0.3, -0.25) is 9.10 Å². The highest BCUT2D eigenvalue weighted by atomic mass is 32.2. The van der Waals surface area contributed by atoms with Crippen molar-refractivity contribution in [2.75, 3.05) is 31.3 Å². The molecule has 10 heteroatoms. The fourth-order valence-electron chi connectivity index (χ4n) is 2.97. The lowest BCUT2D eigenvalue weighted by Gasteiger charge is -2.21. The minimum atomic E-state index is -3.73. The molecule has 0 aliphatic carbocycles. The minimum Gasteiger partial charge on any atom is -0.497 e. The van der Waals surface area contributed by atoms with Crippen molar-refractivity contribution >= 4 is 27.8 Å². The summed E-state index contributed by atoms with van der Waals surface area (Å²) in [4.78, 5) is 12.4. The van der Waals surface area contributed by atoms with Crippen LogP contribution in [0.5, 0.6) is 23.0 Å². The molecule has 0 heterocycles. The number of hydrazone groups is 1. The molecule has 1 N–H and O–H groups in total. The van der Waals surface area contributed by atoms with E-state index >= 15 is 0 Å². The molecule has 3 rings (SSSR count). The first kappa shape index (κ1) is 24.6. The van der Waals surface area contributed by atoms with Gasteiger partial charge in [-0.1, -0.05) is 18.2 Å². The summed E-state index contributed by atoms with van der Waals surface area (Å²) >= 11 is 0. The van der Waals surface area contributed by atoms with Gasteiger partial charge >= 0.3 is 0 Å². The Morgan fingerprint density at radius 2 is 1.59 bits per heavy atom. The molecule has 0 bridgehead atoms. The van der Waals surface area contributed by atoms with Crippen LogP contribution in [0.15, 0.2) is 77.9 Å². The zero-order valence-electron chi connectivity index (χ0n) is 19.0. The second-order valence-electron chi connectivity index (χ2n) is 7.08. The number of methoxy groups -OCH3 is 2. The van der Waals surface area contributed by atoms with Crippen LogP contribution in [0.2, 0.25) is 0 Å². The number of nitrogens with one attached hydrogen (secondary N) is 1. The summed E-state index contributed by atoms with van der Waals surface area (Å²) < 4.78 is 41.8. The second-order valence-corrected chi connectivity index (χ2v) is 8.99. The van der Waals surface area contributed by atoms with Crippen molar-refractivity contribution < 1.29 is 27.4 Å². The van der Waals surface area contributed by atoms with E-state index in [9.17, 15) is 13.2 Å². The van der Waals surface area contributed by atoms with Crippen LogP contribution in [0.4, 0.5) is 5.69 Å². The fraction of sp³-hybridized carbons (Fsp3) is 0.167.